The first-order valence-electron chi connectivity index (χ1n) is 8.28. The monoisotopic (exact) mass is 363 g/mol. The van der Waals surface area contributed by atoms with Crippen LogP contribution in [0.2, 0.25) is 0 Å². The van der Waals surface area contributed by atoms with Gasteiger partial charge in [0.15, 0.2) is 0 Å². The molecule has 1 atom stereocenters. The SMILES string of the molecule is COC[C@H](C)N(CC(=O)Nc1ccc(C)cn1)Cc1cc(F)ccc1F. The fraction of sp³-hybridized carbons (Fsp3) is 0.368. The second-order valence-corrected chi connectivity index (χ2v) is 6.21. The lowest BCUT2D eigenvalue weighted by atomic mass is 10.1. The van der Waals surface area contributed by atoms with E-state index >= 15 is 0 Å². The van der Waals surface area contributed by atoms with Gasteiger partial charge in [0.2, 0.25) is 5.91 Å². The molecular weight excluding hydrogens is 340 g/mol. The average Bonchev–Trinajstić information content (AvgIpc) is 2.59. The van der Waals surface area contributed by atoms with Crippen LogP contribution in [0.3, 0.4) is 0 Å². The summed E-state index contributed by atoms with van der Waals surface area (Å²) in [5.74, 6) is -0.881. The summed E-state index contributed by atoms with van der Waals surface area (Å²) in [6, 6.07) is 6.68. The van der Waals surface area contributed by atoms with E-state index in [1.54, 1.807) is 24.3 Å². The summed E-state index contributed by atoms with van der Waals surface area (Å²) in [5, 5.41) is 2.71. The van der Waals surface area contributed by atoms with E-state index < -0.39 is 11.6 Å². The molecule has 0 spiro atoms. The van der Waals surface area contributed by atoms with Crippen LogP contribution in [0.4, 0.5) is 14.6 Å². The molecule has 1 heterocycles. The van der Waals surface area contributed by atoms with Gasteiger partial charge < -0.3 is 10.1 Å². The molecule has 0 unspecified atom stereocenters. The van der Waals surface area contributed by atoms with Gasteiger partial charge in [0.1, 0.15) is 17.5 Å². The number of carbonyl (C=O) groups excluding carboxylic acids is 1. The van der Waals surface area contributed by atoms with Crippen LogP contribution < -0.4 is 5.32 Å². The highest BCUT2D eigenvalue weighted by Gasteiger charge is 2.20. The molecule has 2 aromatic rings. The molecule has 0 saturated heterocycles. The molecule has 1 N–H and O–H groups in total. The van der Waals surface area contributed by atoms with Gasteiger partial charge in [-0.15, -0.1) is 0 Å². The van der Waals surface area contributed by atoms with Crippen molar-refractivity contribution in [1.82, 2.24) is 9.88 Å². The van der Waals surface area contributed by atoms with Gasteiger partial charge in [-0.05, 0) is 43.7 Å². The maximum absolute atomic E-state index is 14.0. The van der Waals surface area contributed by atoms with E-state index in [1.165, 1.54) is 0 Å². The number of halogens is 2. The van der Waals surface area contributed by atoms with Crippen LogP contribution in [0.1, 0.15) is 18.1 Å². The van der Waals surface area contributed by atoms with Crippen LogP contribution in [0, 0.1) is 18.6 Å². The molecule has 0 aliphatic heterocycles. The van der Waals surface area contributed by atoms with Gasteiger partial charge in [-0.2, -0.15) is 0 Å². The zero-order valence-electron chi connectivity index (χ0n) is 15.1. The minimum Gasteiger partial charge on any atom is -0.383 e. The van der Waals surface area contributed by atoms with Crippen LogP contribution in [0.5, 0.6) is 0 Å². The zero-order valence-corrected chi connectivity index (χ0v) is 15.1. The van der Waals surface area contributed by atoms with E-state index in [-0.39, 0.29) is 30.6 Å². The molecule has 1 amide bonds. The quantitative estimate of drug-likeness (QED) is 0.783. The molecule has 0 bridgehead atoms. The van der Waals surface area contributed by atoms with E-state index in [4.69, 9.17) is 4.74 Å². The number of aryl methyl sites for hydroxylation is 1. The number of carbonyl (C=O) groups is 1. The zero-order chi connectivity index (χ0) is 19.1. The summed E-state index contributed by atoms with van der Waals surface area (Å²) in [6.07, 6.45) is 1.66. The van der Waals surface area contributed by atoms with Crippen molar-refractivity contribution in [3.05, 3.63) is 59.3 Å². The van der Waals surface area contributed by atoms with Crippen molar-refractivity contribution in [2.75, 3.05) is 25.6 Å². The average molecular weight is 363 g/mol. The summed E-state index contributed by atoms with van der Waals surface area (Å²) in [7, 11) is 1.55. The maximum Gasteiger partial charge on any atom is 0.239 e. The number of pyridine rings is 1. The summed E-state index contributed by atoms with van der Waals surface area (Å²) in [4.78, 5) is 18.2. The highest BCUT2D eigenvalue weighted by atomic mass is 19.1. The number of benzene rings is 1. The van der Waals surface area contributed by atoms with Gasteiger partial charge in [-0.1, -0.05) is 6.07 Å². The van der Waals surface area contributed by atoms with Crippen LogP contribution in [-0.4, -0.2) is 42.1 Å². The number of hydrogen-bond acceptors (Lipinski definition) is 4. The van der Waals surface area contributed by atoms with Crippen molar-refractivity contribution in [2.45, 2.75) is 26.4 Å². The molecule has 0 saturated carbocycles. The molecule has 26 heavy (non-hydrogen) atoms. The second-order valence-electron chi connectivity index (χ2n) is 6.21. The number of nitrogens with zero attached hydrogens (tertiary/aromatic N) is 2. The Morgan fingerprint density at radius 2 is 2.08 bits per heavy atom. The first kappa shape index (κ1) is 19.9. The number of methoxy groups -OCH3 is 1. The minimum atomic E-state index is -0.519. The van der Waals surface area contributed by atoms with Gasteiger partial charge in [-0.25, -0.2) is 13.8 Å². The fourth-order valence-corrected chi connectivity index (χ4v) is 2.51. The van der Waals surface area contributed by atoms with Crippen LogP contribution >= 0.6 is 0 Å². The number of anilines is 1. The molecule has 1 aromatic heterocycles. The van der Waals surface area contributed by atoms with Crippen LogP contribution in [0.15, 0.2) is 36.5 Å². The predicted molar refractivity (Wildman–Crippen MR) is 95.7 cm³/mol. The van der Waals surface area contributed by atoms with Gasteiger partial charge in [0, 0.05) is 31.5 Å². The molecule has 1 aromatic carbocycles. The van der Waals surface area contributed by atoms with Gasteiger partial charge in [0.05, 0.1) is 13.2 Å². The molecule has 2 rings (SSSR count). The number of amides is 1. The maximum atomic E-state index is 14.0. The van der Waals surface area contributed by atoms with Crippen molar-refractivity contribution < 1.29 is 18.3 Å². The van der Waals surface area contributed by atoms with Crippen LogP contribution in [-0.2, 0) is 16.1 Å². The molecular formula is C19H23F2N3O2. The third kappa shape index (κ3) is 5.86. The number of hydrogen-bond donors (Lipinski definition) is 1. The Hall–Kier alpha value is -2.38. The molecule has 0 aliphatic rings. The molecule has 0 fully saturated rings. The Balaban J connectivity index is 2.09. The van der Waals surface area contributed by atoms with Crippen molar-refractivity contribution in [2.24, 2.45) is 0 Å². The van der Waals surface area contributed by atoms with E-state index in [0.717, 1.165) is 23.8 Å². The lowest BCUT2D eigenvalue weighted by Gasteiger charge is -2.28. The minimum absolute atomic E-state index is 0.00393. The lowest BCUT2D eigenvalue weighted by Crippen LogP contribution is -2.41. The Bertz CT molecular complexity index is 738. The molecule has 5 nitrogen and oxygen atoms in total. The van der Waals surface area contributed by atoms with E-state index in [0.29, 0.717) is 12.4 Å². The first-order chi connectivity index (χ1) is 12.4. The molecule has 0 radical (unpaired) electrons. The highest BCUT2D eigenvalue weighted by molar-refractivity contribution is 5.91. The number of nitrogens with one attached hydrogen (secondary N) is 1. The normalized spacial score (nSPS) is 12.2. The highest BCUT2D eigenvalue weighted by Crippen LogP contribution is 2.15. The Labute approximate surface area is 152 Å². The number of rotatable bonds is 8. The predicted octanol–water partition coefficient (Wildman–Crippen LogP) is 3.14. The fourth-order valence-electron chi connectivity index (χ4n) is 2.51. The summed E-state index contributed by atoms with van der Waals surface area (Å²) in [6.45, 7) is 4.20. The second kappa shape index (κ2) is 9.35. The van der Waals surface area contributed by atoms with E-state index in [1.807, 2.05) is 19.9 Å². The smallest absolute Gasteiger partial charge is 0.239 e. The van der Waals surface area contributed by atoms with Crippen molar-refractivity contribution in [3.63, 3.8) is 0 Å². The summed E-state index contributed by atoms with van der Waals surface area (Å²) < 4.78 is 32.5. The Morgan fingerprint density at radius 1 is 1.31 bits per heavy atom. The first-order valence-corrected chi connectivity index (χ1v) is 8.28. The third-order valence-electron chi connectivity index (χ3n) is 3.94. The largest absolute Gasteiger partial charge is 0.383 e. The van der Waals surface area contributed by atoms with Crippen molar-refractivity contribution >= 4 is 11.7 Å². The molecule has 140 valence electrons. The van der Waals surface area contributed by atoms with E-state index in [9.17, 15) is 13.6 Å². The summed E-state index contributed by atoms with van der Waals surface area (Å²) in [5.41, 5.74) is 1.18. The Kier molecular flexibility index (Phi) is 7.17. The lowest BCUT2D eigenvalue weighted by molar-refractivity contribution is -0.118. The van der Waals surface area contributed by atoms with Crippen molar-refractivity contribution in [3.8, 4) is 0 Å². The number of ether oxygens (including phenoxy) is 1. The van der Waals surface area contributed by atoms with Gasteiger partial charge in [-0.3, -0.25) is 9.69 Å². The third-order valence-corrected chi connectivity index (χ3v) is 3.94. The van der Waals surface area contributed by atoms with Gasteiger partial charge in [0.25, 0.3) is 0 Å². The van der Waals surface area contributed by atoms with Crippen LogP contribution in [0.25, 0.3) is 0 Å². The number of aromatic nitrogens is 1. The Morgan fingerprint density at radius 3 is 2.73 bits per heavy atom. The molecule has 0 aliphatic carbocycles. The topological polar surface area (TPSA) is 54.5 Å². The van der Waals surface area contributed by atoms with Gasteiger partial charge >= 0.3 is 0 Å². The standard InChI is InChI=1S/C19H23F2N3O2/c1-13-4-7-18(22-9-13)23-19(25)11-24(14(2)12-26-3)10-15-8-16(20)5-6-17(15)21/h4-9,14H,10-12H2,1-3H3,(H,22,23,25)/t14-/m0/s1. The molecule has 7 heteroatoms. The van der Waals surface area contributed by atoms with Crippen molar-refractivity contribution in [1.29, 1.82) is 0 Å². The van der Waals surface area contributed by atoms with E-state index in [2.05, 4.69) is 10.3 Å². The summed E-state index contributed by atoms with van der Waals surface area (Å²) >= 11 is 0.